The maximum Gasteiger partial charge on any atom is 0.0615 e. The highest BCUT2D eigenvalue weighted by molar-refractivity contribution is 9.10. The van der Waals surface area contributed by atoms with E-state index in [1.165, 1.54) is 0 Å². The highest BCUT2D eigenvalue weighted by atomic mass is 79.9. The Hall–Kier alpha value is -0.310. The number of hydrogen-bond acceptors (Lipinski definition) is 1. The van der Waals surface area contributed by atoms with Crippen molar-refractivity contribution in [3.05, 3.63) is 39.3 Å². The van der Waals surface area contributed by atoms with Crippen molar-refractivity contribution in [3.63, 3.8) is 0 Å². The Morgan fingerprint density at radius 3 is 2.83 bits per heavy atom. The number of rotatable bonds is 2. The van der Waals surface area contributed by atoms with Gasteiger partial charge in [-0.2, -0.15) is 0 Å². The smallest absolute Gasteiger partial charge is 0.0615 e. The molecule has 0 aliphatic rings. The Balaban J connectivity index is 3.04. The number of aliphatic hydroxyl groups is 1. The summed E-state index contributed by atoms with van der Waals surface area (Å²) in [6, 6.07) is 5.58. The molecule has 0 aromatic heterocycles. The van der Waals surface area contributed by atoms with Crippen molar-refractivity contribution in [1.29, 1.82) is 0 Å². The topological polar surface area (TPSA) is 20.2 Å². The zero-order chi connectivity index (χ0) is 8.97. The molecule has 64 valence electrons. The van der Waals surface area contributed by atoms with E-state index in [4.69, 9.17) is 16.7 Å². The Morgan fingerprint density at radius 2 is 2.25 bits per heavy atom. The summed E-state index contributed by atoms with van der Waals surface area (Å²) in [4.78, 5) is 0. The van der Waals surface area contributed by atoms with E-state index in [0.29, 0.717) is 5.02 Å². The lowest BCUT2D eigenvalue weighted by Crippen LogP contribution is -1.78. The molecule has 0 atom stereocenters. The van der Waals surface area contributed by atoms with E-state index in [1.54, 1.807) is 12.2 Å². The van der Waals surface area contributed by atoms with Crippen molar-refractivity contribution in [2.45, 2.75) is 0 Å². The number of halogens is 2. The lowest BCUT2D eigenvalue weighted by molar-refractivity contribution is 0.343. The second-order valence-corrected chi connectivity index (χ2v) is 3.48. The van der Waals surface area contributed by atoms with Crippen molar-refractivity contribution in [2.75, 3.05) is 6.61 Å². The van der Waals surface area contributed by atoms with Crippen LogP contribution in [-0.4, -0.2) is 11.7 Å². The van der Waals surface area contributed by atoms with Crippen molar-refractivity contribution in [3.8, 4) is 0 Å². The molecule has 0 saturated carbocycles. The molecule has 3 heteroatoms. The molecule has 1 aromatic carbocycles. The minimum atomic E-state index is 0.0255. The molecule has 0 spiro atoms. The van der Waals surface area contributed by atoms with E-state index in [1.807, 2.05) is 18.2 Å². The van der Waals surface area contributed by atoms with Crippen LogP contribution in [0.1, 0.15) is 5.56 Å². The maximum atomic E-state index is 8.56. The van der Waals surface area contributed by atoms with Crippen molar-refractivity contribution in [1.82, 2.24) is 0 Å². The maximum absolute atomic E-state index is 8.56. The lowest BCUT2D eigenvalue weighted by atomic mass is 10.2. The van der Waals surface area contributed by atoms with Gasteiger partial charge in [-0.15, -0.1) is 0 Å². The van der Waals surface area contributed by atoms with Crippen LogP contribution in [0.3, 0.4) is 0 Å². The molecule has 0 radical (unpaired) electrons. The van der Waals surface area contributed by atoms with Crippen LogP contribution in [0.5, 0.6) is 0 Å². The first-order chi connectivity index (χ1) is 5.75. The molecule has 0 aliphatic heterocycles. The Labute approximate surface area is 84.8 Å². The standard InChI is InChI=1S/C9H8BrClO/c10-8-4-1-5-9(11)7(8)3-2-6-12/h1-5,12H,6H2/b3-2+. The molecular formula is C9H8BrClO. The molecule has 0 aliphatic carbocycles. The van der Waals surface area contributed by atoms with Crippen LogP contribution in [0.4, 0.5) is 0 Å². The Kier molecular flexibility index (Phi) is 3.79. The average molecular weight is 248 g/mol. The van der Waals surface area contributed by atoms with Gasteiger partial charge in [0.15, 0.2) is 0 Å². The molecule has 0 fully saturated rings. The van der Waals surface area contributed by atoms with Crippen LogP contribution in [0.2, 0.25) is 5.02 Å². The van der Waals surface area contributed by atoms with Gasteiger partial charge < -0.3 is 5.11 Å². The normalized spacial score (nSPS) is 10.9. The van der Waals surface area contributed by atoms with Gasteiger partial charge in [0.2, 0.25) is 0 Å². The van der Waals surface area contributed by atoms with Crippen LogP contribution in [-0.2, 0) is 0 Å². The Bertz CT molecular complexity index is 276. The highest BCUT2D eigenvalue weighted by Gasteiger charge is 1.99. The van der Waals surface area contributed by atoms with Gasteiger partial charge in [-0.3, -0.25) is 0 Å². The van der Waals surface area contributed by atoms with Crippen LogP contribution < -0.4 is 0 Å². The fraction of sp³-hybridized carbons (Fsp3) is 0.111. The molecule has 1 rings (SSSR count). The summed E-state index contributed by atoms with van der Waals surface area (Å²) in [5, 5.41) is 9.24. The number of hydrogen-bond donors (Lipinski definition) is 1. The summed E-state index contributed by atoms with van der Waals surface area (Å²) in [5.41, 5.74) is 0.896. The zero-order valence-electron chi connectivity index (χ0n) is 6.30. The molecule has 12 heavy (non-hydrogen) atoms. The van der Waals surface area contributed by atoms with E-state index >= 15 is 0 Å². The van der Waals surface area contributed by atoms with Crippen LogP contribution in [0, 0.1) is 0 Å². The molecule has 1 N–H and O–H groups in total. The minimum absolute atomic E-state index is 0.0255. The second kappa shape index (κ2) is 4.65. The summed E-state index contributed by atoms with van der Waals surface area (Å²) in [7, 11) is 0. The third-order valence-corrected chi connectivity index (χ3v) is 2.41. The molecule has 0 bridgehead atoms. The van der Waals surface area contributed by atoms with Crippen molar-refractivity contribution in [2.24, 2.45) is 0 Å². The van der Waals surface area contributed by atoms with Crippen LogP contribution in [0.25, 0.3) is 6.08 Å². The molecule has 0 amide bonds. The highest BCUT2D eigenvalue weighted by Crippen LogP contribution is 2.25. The van der Waals surface area contributed by atoms with Gasteiger partial charge in [-0.25, -0.2) is 0 Å². The van der Waals surface area contributed by atoms with E-state index in [-0.39, 0.29) is 6.61 Å². The number of benzene rings is 1. The molecule has 1 nitrogen and oxygen atoms in total. The van der Waals surface area contributed by atoms with Gasteiger partial charge in [0.25, 0.3) is 0 Å². The quantitative estimate of drug-likeness (QED) is 0.851. The van der Waals surface area contributed by atoms with Gasteiger partial charge >= 0.3 is 0 Å². The first kappa shape index (κ1) is 9.78. The molecule has 0 unspecified atom stereocenters. The van der Waals surface area contributed by atoms with E-state index in [9.17, 15) is 0 Å². The van der Waals surface area contributed by atoms with Crippen LogP contribution >= 0.6 is 27.5 Å². The fourth-order valence-electron chi connectivity index (χ4n) is 0.840. The molecule has 0 saturated heterocycles. The second-order valence-electron chi connectivity index (χ2n) is 2.22. The average Bonchev–Trinajstić information content (AvgIpc) is 2.04. The summed E-state index contributed by atoms with van der Waals surface area (Å²) in [5.74, 6) is 0. The number of aliphatic hydroxyl groups excluding tert-OH is 1. The Morgan fingerprint density at radius 1 is 1.50 bits per heavy atom. The van der Waals surface area contributed by atoms with Crippen molar-refractivity contribution < 1.29 is 5.11 Å². The fourth-order valence-corrected chi connectivity index (χ4v) is 1.69. The monoisotopic (exact) mass is 246 g/mol. The van der Waals surface area contributed by atoms with E-state index in [0.717, 1.165) is 10.0 Å². The summed E-state index contributed by atoms with van der Waals surface area (Å²) in [6.07, 6.45) is 3.43. The van der Waals surface area contributed by atoms with Gasteiger partial charge in [0, 0.05) is 15.1 Å². The molecule has 1 aromatic rings. The lowest BCUT2D eigenvalue weighted by Gasteiger charge is -1.99. The molecule has 0 heterocycles. The largest absolute Gasteiger partial charge is 0.392 e. The molecular weight excluding hydrogens is 239 g/mol. The third kappa shape index (κ3) is 2.34. The predicted molar refractivity (Wildman–Crippen MR) is 55.3 cm³/mol. The first-order valence-electron chi connectivity index (χ1n) is 3.47. The van der Waals surface area contributed by atoms with Gasteiger partial charge in [0.05, 0.1) is 6.61 Å². The zero-order valence-corrected chi connectivity index (χ0v) is 8.64. The predicted octanol–water partition coefficient (Wildman–Crippen LogP) is 3.11. The minimum Gasteiger partial charge on any atom is -0.392 e. The van der Waals surface area contributed by atoms with Gasteiger partial charge in [-0.05, 0) is 12.1 Å². The third-order valence-electron chi connectivity index (χ3n) is 1.39. The van der Waals surface area contributed by atoms with E-state index in [2.05, 4.69) is 15.9 Å². The summed E-state index contributed by atoms with van der Waals surface area (Å²) < 4.78 is 0.930. The first-order valence-corrected chi connectivity index (χ1v) is 4.64. The van der Waals surface area contributed by atoms with Gasteiger partial charge in [-0.1, -0.05) is 45.7 Å². The summed E-state index contributed by atoms with van der Waals surface area (Å²) in [6.45, 7) is 0.0255. The van der Waals surface area contributed by atoms with Gasteiger partial charge in [0.1, 0.15) is 0 Å². The SMILES string of the molecule is OC/C=C/c1c(Cl)cccc1Br. The summed E-state index contributed by atoms with van der Waals surface area (Å²) >= 11 is 9.26. The van der Waals surface area contributed by atoms with E-state index < -0.39 is 0 Å². The van der Waals surface area contributed by atoms with Crippen molar-refractivity contribution >= 4 is 33.6 Å². The van der Waals surface area contributed by atoms with Crippen LogP contribution in [0.15, 0.2) is 28.7 Å².